The van der Waals surface area contributed by atoms with Crippen LogP contribution in [0.15, 0.2) is 10.5 Å². The summed E-state index contributed by atoms with van der Waals surface area (Å²) >= 11 is 0. The average molecular weight is 237 g/mol. The Kier molecular flexibility index (Phi) is 3.00. The lowest BCUT2D eigenvalue weighted by Gasteiger charge is -2.28. The van der Waals surface area contributed by atoms with Gasteiger partial charge in [-0.15, -0.1) is 0 Å². The van der Waals surface area contributed by atoms with E-state index in [0.29, 0.717) is 17.2 Å². The Balaban J connectivity index is 2.13. The summed E-state index contributed by atoms with van der Waals surface area (Å²) < 4.78 is 5.34. The molecule has 0 bridgehead atoms. The van der Waals surface area contributed by atoms with E-state index in [4.69, 9.17) is 4.42 Å². The van der Waals surface area contributed by atoms with Crippen molar-refractivity contribution in [1.82, 2.24) is 5.32 Å². The molecule has 4 heteroatoms. The molecule has 2 N–H and O–H groups in total. The van der Waals surface area contributed by atoms with Crippen LogP contribution in [0.25, 0.3) is 0 Å². The third-order valence-corrected chi connectivity index (χ3v) is 3.49. The number of hydrogen-bond acceptors (Lipinski definition) is 3. The zero-order valence-corrected chi connectivity index (χ0v) is 10.5. The van der Waals surface area contributed by atoms with Gasteiger partial charge < -0.3 is 14.8 Å². The smallest absolute Gasteiger partial charge is 0.255 e. The van der Waals surface area contributed by atoms with Gasteiger partial charge in [-0.2, -0.15) is 0 Å². The van der Waals surface area contributed by atoms with Gasteiger partial charge in [-0.1, -0.05) is 0 Å². The summed E-state index contributed by atoms with van der Waals surface area (Å²) in [5, 5.41) is 12.4. The Morgan fingerprint density at radius 3 is 2.65 bits per heavy atom. The van der Waals surface area contributed by atoms with Gasteiger partial charge in [0, 0.05) is 0 Å². The number of furan rings is 1. The van der Waals surface area contributed by atoms with Crippen LogP contribution in [0.5, 0.6) is 0 Å². The predicted molar refractivity (Wildman–Crippen MR) is 63.9 cm³/mol. The summed E-state index contributed by atoms with van der Waals surface area (Å²) in [6.45, 7) is 5.45. The lowest BCUT2D eigenvalue weighted by molar-refractivity contribution is 0.0823. The first-order chi connectivity index (χ1) is 7.96. The molecule has 1 saturated carbocycles. The Labute approximate surface area is 101 Å². The van der Waals surface area contributed by atoms with Gasteiger partial charge in [0.05, 0.1) is 17.7 Å². The molecule has 1 amide bonds. The van der Waals surface area contributed by atoms with Gasteiger partial charge in [-0.05, 0) is 45.6 Å². The van der Waals surface area contributed by atoms with Gasteiger partial charge in [-0.25, -0.2) is 0 Å². The van der Waals surface area contributed by atoms with E-state index < -0.39 is 5.54 Å². The molecule has 0 aliphatic heterocycles. The van der Waals surface area contributed by atoms with Crippen LogP contribution < -0.4 is 5.32 Å². The molecule has 1 aliphatic rings. The number of amides is 1. The molecule has 1 aliphatic carbocycles. The highest BCUT2D eigenvalue weighted by atomic mass is 16.3. The van der Waals surface area contributed by atoms with Gasteiger partial charge in [0.1, 0.15) is 11.5 Å². The van der Waals surface area contributed by atoms with Crippen molar-refractivity contribution >= 4 is 5.91 Å². The number of aryl methyl sites for hydroxylation is 2. The molecular weight excluding hydrogens is 218 g/mol. The molecule has 4 nitrogen and oxygen atoms in total. The highest BCUT2D eigenvalue weighted by Gasteiger charge is 2.42. The highest BCUT2D eigenvalue weighted by Crippen LogP contribution is 2.39. The molecule has 2 rings (SSSR count). The zero-order chi connectivity index (χ0) is 12.6. The third kappa shape index (κ3) is 2.36. The maximum Gasteiger partial charge on any atom is 0.255 e. The predicted octanol–water partition coefficient (Wildman–Crippen LogP) is 1.79. The van der Waals surface area contributed by atoms with Gasteiger partial charge in [0.2, 0.25) is 0 Å². The number of aliphatic hydroxyl groups is 1. The van der Waals surface area contributed by atoms with E-state index in [-0.39, 0.29) is 12.5 Å². The van der Waals surface area contributed by atoms with Gasteiger partial charge in [0.15, 0.2) is 0 Å². The monoisotopic (exact) mass is 237 g/mol. The fourth-order valence-corrected chi connectivity index (χ4v) is 2.17. The van der Waals surface area contributed by atoms with E-state index in [1.54, 1.807) is 13.0 Å². The highest BCUT2D eigenvalue weighted by molar-refractivity contribution is 5.95. The lowest BCUT2D eigenvalue weighted by Crippen LogP contribution is -2.50. The fourth-order valence-electron chi connectivity index (χ4n) is 2.17. The van der Waals surface area contributed by atoms with Crippen molar-refractivity contribution in [1.29, 1.82) is 0 Å². The number of nitrogens with one attached hydrogen (secondary N) is 1. The molecule has 0 saturated heterocycles. The minimum atomic E-state index is -0.505. The van der Waals surface area contributed by atoms with Crippen molar-refractivity contribution in [2.24, 2.45) is 5.92 Å². The third-order valence-electron chi connectivity index (χ3n) is 3.49. The molecule has 1 atom stereocenters. The molecular formula is C13H19NO3. The molecule has 94 valence electrons. The lowest BCUT2D eigenvalue weighted by atomic mass is 9.96. The molecule has 1 aromatic heterocycles. The van der Waals surface area contributed by atoms with E-state index in [9.17, 15) is 9.90 Å². The normalized spacial score (nSPS) is 18.8. The standard InChI is InChI=1S/C13H19NO3/c1-8-6-11(9(2)17-8)12(16)14-13(3,7-15)10-4-5-10/h6,10,15H,4-5,7H2,1-3H3,(H,14,16). The van der Waals surface area contributed by atoms with E-state index in [1.165, 1.54) is 0 Å². The van der Waals surface area contributed by atoms with E-state index in [1.807, 2.05) is 13.8 Å². The van der Waals surface area contributed by atoms with Crippen molar-refractivity contribution in [3.63, 3.8) is 0 Å². The first-order valence-corrected chi connectivity index (χ1v) is 5.96. The topological polar surface area (TPSA) is 62.5 Å². The van der Waals surface area contributed by atoms with Crippen LogP contribution in [0.3, 0.4) is 0 Å². The summed E-state index contributed by atoms with van der Waals surface area (Å²) in [5.41, 5.74) is 0.0529. The largest absolute Gasteiger partial charge is 0.466 e. The van der Waals surface area contributed by atoms with Crippen LogP contribution in [0.4, 0.5) is 0 Å². The number of carbonyl (C=O) groups is 1. The van der Waals surface area contributed by atoms with Gasteiger partial charge >= 0.3 is 0 Å². The zero-order valence-electron chi connectivity index (χ0n) is 10.5. The fraction of sp³-hybridized carbons (Fsp3) is 0.615. The maximum absolute atomic E-state index is 12.1. The Morgan fingerprint density at radius 2 is 2.24 bits per heavy atom. The van der Waals surface area contributed by atoms with Gasteiger partial charge in [0.25, 0.3) is 5.91 Å². The molecule has 0 radical (unpaired) electrons. The van der Waals surface area contributed by atoms with Crippen molar-refractivity contribution in [2.75, 3.05) is 6.61 Å². The Bertz CT molecular complexity index is 434. The van der Waals surface area contributed by atoms with E-state index in [0.717, 1.165) is 18.6 Å². The minimum Gasteiger partial charge on any atom is -0.466 e. The maximum atomic E-state index is 12.1. The van der Waals surface area contributed by atoms with E-state index in [2.05, 4.69) is 5.32 Å². The summed E-state index contributed by atoms with van der Waals surface area (Å²) in [7, 11) is 0. The Hall–Kier alpha value is -1.29. The first-order valence-electron chi connectivity index (χ1n) is 5.96. The van der Waals surface area contributed by atoms with Crippen molar-refractivity contribution in [3.8, 4) is 0 Å². The average Bonchev–Trinajstić information content (AvgIpc) is 3.05. The summed E-state index contributed by atoms with van der Waals surface area (Å²) in [6.07, 6.45) is 2.14. The quantitative estimate of drug-likeness (QED) is 0.839. The molecule has 1 heterocycles. The van der Waals surface area contributed by atoms with Gasteiger partial charge in [-0.3, -0.25) is 4.79 Å². The van der Waals surface area contributed by atoms with Crippen LogP contribution in [-0.4, -0.2) is 23.2 Å². The minimum absolute atomic E-state index is 0.0285. The van der Waals surface area contributed by atoms with Crippen LogP contribution in [0, 0.1) is 19.8 Å². The number of rotatable bonds is 4. The second kappa shape index (κ2) is 4.18. The van der Waals surface area contributed by atoms with Crippen LogP contribution in [0.1, 0.15) is 41.6 Å². The first kappa shape index (κ1) is 12.2. The Morgan fingerprint density at radius 1 is 1.59 bits per heavy atom. The van der Waals surface area contributed by atoms with E-state index >= 15 is 0 Å². The number of aliphatic hydroxyl groups excluding tert-OH is 1. The van der Waals surface area contributed by atoms with Crippen molar-refractivity contribution < 1.29 is 14.3 Å². The SMILES string of the molecule is Cc1cc(C(=O)NC(C)(CO)C2CC2)c(C)o1. The van der Waals surface area contributed by atoms with Crippen molar-refractivity contribution in [3.05, 3.63) is 23.2 Å². The summed E-state index contributed by atoms with van der Waals surface area (Å²) in [4.78, 5) is 12.1. The molecule has 1 unspecified atom stereocenters. The second-order valence-electron chi connectivity index (χ2n) is 5.13. The molecule has 1 aromatic rings. The number of hydrogen-bond donors (Lipinski definition) is 2. The molecule has 17 heavy (non-hydrogen) atoms. The van der Waals surface area contributed by atoms with Crippen LogP contribution in [0.2, 0.25) is 0 Å². The summed E-state index contributed by atoms with van der Waals surface area (Å²) in [5.74, 6) is 1.58. The second-order valence-corrected chi connectivity index (χ2v) is 5.13. The van der Waals surface area contributed by atoms with Crippen LogP contribution in [-0.2, 0) is 0 Å². The summed E-state index contributed by atoms with van der Waals surface area (Å²) in [6, 6.07) is 1.73. The molecule has 0 aromatic carbocycles. The number of carbonyl (C=O) groups excluding carboxylic acids is 1. The molecule has 1 fully saturated rings. The molecule has 0 spiro atoms. The van der Waals surface area contributed by atoms with Crippen molar-refractivity contribution in [2.45, 2.75) is 39.2 Å². The van der Waals surface area contributed by atoms with Crippen LogP contribution >= 0.6 is 0 Å².